The van der Waals surface area contributed by atoms with Crippen LogP contribution >= 0.6 is 0 Å². The average molecular weight is 447 g/mol. The largest absolute Gasteiger partial charge is 0.478 e. The molecule has 3 rings (SSSR count). The van der Waals surface area contributed by atoms with Gasteiger partial charge in [0.05, 0.1) is 21.8 Å². The zero-order chi connectivity index (χ0) is 22.9. The van der Waals surface area contributed by atoms with Crippen molar-refractivity contribution in [1.82, 2.24) is 4.90 Å². The molecule has 2 aromatic carbocycles. The standard InChI is InChI=1S/C22H26N2O6S/c1-4-31(29,30)15-5-6-20(24-9-7-23(3)8-10-24)18(12-15)17-11-14(2)16(21(25)26)13-19(17)22(27)28/h5-6,11-13H,4,7-10H2,1-3H3,(H,25,26)(H,27,28). The van der Waals surface area contributed by atoms with E-state index in [-0.39, 0.29) is 21.8 Å². The minimum absolute atomic E-state index is 0.0803. The SMILES string of the molecule is CCS(=O)(=O)c1ccc(N2CCN(C)CC2)c(-c2cc(C)c(C(=O)O)cc2C(=O)O)c1. The summed E-state index contributed by atoms with van der Waals surface area (Å²) in [6.45, 7) is 6.20. The van der Waals surface area contributed by atoms with Crippen LogP contribution in [0.15, 0.2) is 35.2 Å². The number of benzene rings is 2. The van der Waals surface area contributed by atoms with Gasteiger partial charge in [0.2, 0.25) is 0 Å². The molecule has 0 aliphatic carbocycles. The third-order valence-corrected chi connectivity index (χ3v) is 7.40. The Bertz CT molecular complexity index is 1130. The van der Waals surface area contributed by atoms with Crippen molar-refractivity contribution in [3.63, 3.8) is 0 Å². The second-order valence-corrected chi connectivity index (χ2v) is 9.97. The molecule has 0 amide bonds. The third-order valence-electron chi connectivity index (χ3n) is 5.67. The lowest BCUT2D eigenvalue weighted by Crippen LogP contribution is -2.44. The molecule has 31 heavy (non-hydrogen) atoms. The monoisotopic (exact) mass is 446 g/mol. The summed E-state index contributed by atoms with van der Waals surface area (Å²) in [5.74, 6) is -2.57. The molecule has 8 nitrogen and oxygen atoms in total. The highest BCUT2D eigenvalue weighted by atomic mass is 32.2. The summed E-state index contributed by atoms with van der Waals surface area (Å²) in [7, 11) is -1.50. The third kappa shape index (κ3) is 4.57. The van der Waals surface area contributed by atoms with Gasteiger partial charge in [-0.2, -0.15) is 0 Å². The molecule has 0 unspecified atom stereocenters. The van der Waals surface area contributed by atoms with E-state index in [1.807, 2.05) is 7.05 Å². The van der Waals surface area contributed by atoms with Crippen molar-refractivity contribution >= 4 is 27.5 Å². The minimum Gasteiger partial charge on any atom is -0.478 e. The van der Waals surface area contributed by atoms with Crippen LogP contribution < -0.4 is 4.90 Å². The summed E-state index contributed by atoms with van der Waals surface area (Å²) in [5, 5.41) is 19.2. The summed E-state index contributed by atoms with van der Waals surface area (Å²) in [6.07, 6.45) is 0. The Labute approximate surface area is 181 Å². The molecule has 2 N–H and O–H groups in total. The topological polar surface area (TPSA) is 115 Å². The van der Waals surface area contributed by atoms with Gasteiger partial charge in [-0.15, -0.1) is 0 Å². The van der Waals surface area contributed by atoms with Crippen LogP contribution in [0.5, 0.6) is 0 Å². The number of nitrogens with zero attached hydrogens (tertiary/aromatic N) is 2. The van der Waals surface area contributed by atoms with Crippen LogP contribution in [0.4, 0.5) is 5.69 Å². The predicted molar refractivity (Wildman–Crippen MR) is 118 cm³/mol. The molecule has 0 radical (unpaired) electrons. The molecule has 0 aromatic heterocycles. The first-order chi connectivity index (χ1) is 14.5. The zero-order valence-electron chi connectivity index (χ0n) is 17.8. The van der Waals surface area contributed by atoms with Gasteiger partial charge >= 0.3 is 11.9 Å². The lowest BCUT2D eigenvalue weighted by atomic mass is 9.92. The van der Waals surface area contributed by atoms with E-state index in [1.54, 1.807) is 26.0 Å². The fourth-order valence-electron chi connectivity index (χ4n) is 3.75. The number of likely N-dealkylation sites (N-methyl/N-ethyl adjacent to an activating group) is 1. The van der Waals surface area contributed by atoms with Gasteiger partial charge in [-0.25, -0.2) is 18.0 Å². The summed E-state index contributed by atoms with van der Waals surface area (Å²) < 4.78 is 25.1. The molecule has 166 valence electrons. The second kappa shape index (κ2) is 8.68. The predicted octanol–water partition coefficient (Wildman–Crippen LogP) is 2.60. The molecule has 0 spiro atoms. The maximum Gasteiger partial charge on any atom is 0.336 e. The average Bonchev–Trinajstić information content (AvgIpc) is 2.73. The molecule has 2 aromatic rings. The highest BCUT2D eigenvalue weighted by Crippen LogP contribution is 2.37. The van der Waals surface area contributed by atoms with Crippen LogP contribution in [-0.4, -0.2) is 74.4 Å². The van der Waals surface area contributed by atoms with Crippen molar-refractivity contribution < 1.29 is 28.2 Å². The summed E-state index contributed by atoms with van der Waals surface area (Å²) in [5.41, 5.74) is 1.63. The Kier molecular flexibility index (Phi) is 6.38. The molecule has 1 aliphatic rings. The van der Waals surface area contributed by atoms with Gasteiger partial charge in [-0.3, -0.25) is 0 Å². The number of carboxylic acid groups (broad SMARTS) is 2. The molecule has 1 saturated heterocycles. The highest BCUT2D eigenvalue weighted by Gasteiger charge is 2.25. The van der Waals surface area contributed by atoms with Crippen molar-refractivity contribution in [3.8, 4) is 11.1 Å². The number of hydrogen-bond donors (Lipinski definition) is 2. The number of hydrogen-bond acceptors (Lipinski definition) is 6. The van der Waals surface area contributed by atoms with E-state index in [0.717, 1.165) is 24.8 Å². The van der Waals surface area contributed by atoms with Gasteiger partial charge in [0, 0.05) is 37.4 Å². The fourth-order valence-corrected chi connectivity index (χ4v) is 4.66. The Hall–Kier alpha value is -2.91. The van der Waals surface area contributed by atoms with Crippen molar-refractivity contribution in [2.24, 2.45) is 0 Å². The minimum atomic E-state index is -3.52. The number of aryl methyl sites for hydroxylation is 1. The first kappa shape index (κ1) is 22.8. The van der Waals surface area contributed by atoms with Gasteiger partial charge in [0.15, 0.2) is 9.84 Å². The Morgan fingerprint density at radius 3 is 2.10 bits per heavy atom. The number of aromatic carboxylic acids is 2. The molecular weight excluding hydrogens is 420 g/mol. The normalized spacial score (nSPS) is 15.1. The van der Waals surface area contributed by atoms with Crippen LogP contribution in [0.3, 0.4) is 0 Å². The maximum atomic E-state index is 12.5. The van der Waals surface area contributed by atoms with Crippen LogP contribution in [0.2, 0.25) is 0 Å². The summed E-state index contributed by atoms with van der Waals surface area (Å²) >= 11 is 0. The zero-order valence-corrected chi connectivity index (χ0v) is 18.6. The van der Waals surface area contributed by atoms with E-state index < -0.39 is 21.8 Å². The van der Waals surface area contributed by atoms with E-state index in [9.17, 15) is 28.2 Å². The smallest absolute Gasteiger partial charge is 0.336 e. The van der Waals surface area contributed by atoms with Crippen molar-refractivity contribution in [1.29, 1.82) is 0 Å². The molecule has 1 aliphatic heterocycles. The first-order valence-electron chi connectivity index (χ1n) is 9.97. The van der Waals surface area contributed by atoms with E-state index in [4.69, 9.17) is 0 Å². The van der Waals surface area contributed by atoms with E-state index >= 15 is 0 Å². The molecule has 0 bridgehead atoms. The Morgan fingerprint density at radius 2 is 1.55 bits per heavy atom. The van der Waals surface area contributed by atoms with Gasteiger partial charge in [-0.05, 0) is 55.4 Å². The van der Waals surface area contributed by atoms with Crippen molar-refractivity contribution in [2.75, 3.05) is 43.9 Å². The second-order valence-electron chi connectivity index (χ2n) is 7.70. The molecule has 0 saturated carbocycles. The number of piperazine rings is 1. The first-order valence-corrected chi connectivity index (χ1v) is 11.6. The number of carbonyl (C=O) groups is 2. The molecule has 0 atom stereocenters. The van der Waals surface area contributed by atoms with Crippen LogP contribution in [0.25, 0.3) is 11.1 Å². The quantitative estimate of drug-likeness (QED) is 0.696. The summed E-state index contributed by atoms with van der Waals surface area (Å²) in [4.78, 5) is 27.9. The van der Waals surface area contributed by atoms with Gasteiger partial charge in [0.25, 0.3) is 0 Å². The lowest BCUT2D eigenvalue weighted by Gasteiger charge is -2.35. The molecule has 9 heteroatoms. The van der Waals surface area contributed by atoms with Gasteiger partial charge in [-0.1, -0.05) is 6.92 Å². The van der Waals surface area contributed by atoms with E-state index in [2.05, 4.69) is 9.80 Å². The van der Waals surface area contributed by atoms with E-state index in [1.165, 1.54) is 12.1 Å². The van der Waals surface area contributed by atoms with Crippen molar-refractivity contribution in [3.05, 3.63) is 47.0 Å². The molecule has 1 fully saturated rings. The Balaban J connectivity index is 2.29. The highest BCUT2D eigenvalue weighted by molar-refractivity contribution is 7.91. The number of sulfone groups is 1. The van der Waals surface area contributed by atoms with Crippen molar-refractivity contribution in [2.45, 2.75) is 18.7 Å². The van der Waals surface area contributed by atoms with Crippen LogP contribution in [0.1, 0.15) is 33.2 Å². The van der Waals surface area contributed by atoms with Crippen LogP contribution in [-0.2, 0) is 9.84 Å². The van der Waals surface area contributed by atoms with E-state index in [0.29, 0.717) is 29.8 Å². The molecular formula is C22H26N2O6S. The number of carboxylic acids is 2. The van der Waals surface area contributed by atoms with Gasteiger partial charge in [0.1, 0.15) is 0 Å². The van der Waals surface area contributed by atoms with Crippen LogP contribution in [0, 0.1) is 6.92 Å². The maximum absolute atomic E-state index is 12.5. The number of anilines is 1. The summed E-state index contributed by atoms with van der Waals surface area (Å²) in [6, 6.07) is 7.44. The number of rotatable bonds is 6. The Morgan fingerprint density at radius 1 is 0.935 bits per heavy atom. The lowest BCUT2D eigenvalue weighted by molar-refractivity contribution is 0.0695. The molecule has 1 heterocycles. The fraction of sp³-hybridized carbons (Fsp3) is 0.364. The van der Waals surface area contributed by atoms with Gasteiger partial charge < -0.3 is 20.0 Å².